The van der Waals surface area contributed by atoms with Gasteiger partial charge in [-0.3, -0.25) is 4.72 Å². The minimum atomic E-state index is -3.53. The summed E-state index contributed by atoms with van der Waals surface area (Å²) in [4.78, 5) is 0. The molecule has 3 aromatic rings. The van der Waals surface area contributed by atoms with Crippen molar-refractivity contribution in [2.24, 2.45) is 0 Å². The Bertz CT molecular complexity index is 1050. The van der Waals surface area contributed by atoms with E-state index in [1.165, 1.54) is 6.07 Å². The van der Waals surface area contributed by atoms with Crippen molar-refractivity contribution in [3.63, 3.8) is 0 Å². The van der Waals surface area contributed by atoms with Crippen molar-refractivity contribution in [3.8, 4) is 6.07 Å². The summed E-state index contributed by atoms with van der Waals surface area (Å²) in [5.74, 6) is 0.501. The van der Waals surface area contributed by atoms with Gasteiger partial charge in [-0.1, -0.05) is 42.5 Å². The molecule has 0 radical (unpaired) electrons. The van der Waals surface area contributed by atoms with E-state index in [-0.39, 0.29) is 11.6 Å². The number of para-hydroxylation sites is 1. The molecule has 2 N–H and O–H groups in total. The van der Waals surface area contributed by atoms with Crippen molar-refractivity contribution >= 4 is 27.3 Å². The molecule has 0 atom stereocenters. The molecule has 1 aromatic heterocycles. The van der Waals surface area contributed by atoms with Gasteiger partial charge in [-0.25, -0.2) is 8.42 Å². The highest BCUT2D eigenvalue weighted by Crippen LogP contribution is 2.19. The quantitative estimate of drug-likeness (QED) is 0.653. The number of nitrogens with one attached hydrogen (secondary N) is 2. The molecule has 0 saturated carbocycles. The third-order valence-corrected chi connectivity index (χ3v) is 5.00. The van der Waals surface area contributed by atoms with Crippen molar-refractivity contribution in [1.29, 1.82) is 5.26 Å². The number of benzene rings is 2. The molecule has 0 aliphatic carbocycles. The van der Waals surface area contributed by atoms with E-state index in [1.807, 2.05) is 30.3 Å². The molecule has 2 aromatic carbocycles. The van der Waals surface area contributed by atoms with Gasteiger partial charge in [0.1, 0.15) is 6.07 Å². The molecule has 0 amide bonds. The number of rotatable bonds is 7. The number of nitrogens with zero attached hydrogens (tertiary/aromatic N) is 3. The molecule has 0 unspecified atom stereocenters. The molecule has 1 heterocycles. The summed E-state index contributed by atoms with van der Waals surface area (Å²) in [7, 11) is -3.53. The summed E-state index contributed by atoms with van der Waals surface area (Å²) in [6, 6.07) is 21.6. The third-order valence-electron chi connectivity index (χ3n) is 3.74. The van der Waals surface area contributed by atoms with Crippen molar-refractivity contribution in [1.82, 2.24) is 10.2 Å². The molecule has 0 fully saturated rings. The molecule has 27 heavy (non-hydrogen) atoms. The maximum Gasteiger partial charge on any atom is 0.234 e. The van der Waals surface area contributed by atoms with Crippen LogP contribution in [0.2, 0.25) is 0 Å². The van der Waals surface area contributed by atoms with Gasteiger partial charge >= 0.3 is 0 Å². The van der Waals surface area contributed by atoms with Crippen LogP contribution in [0.1, 0.15) is 11.1 Å². The first kappa shape index (κ1) is 18.4. The number of nitriles is 1. The van der Waals surface area contributed by atoms with E-state index in [1.54, 1.807) is 30.3 Å². The van der Waals surface area contributed by atoms with Gasteiger partial charge in [-0.2, -0.15) is 5.26 Å². The molecule has 8 heteroatoms. The average Bonchev–Trinajstić information content (AvgIpc) is 2.69. The van der Waals surface area contributed by atoms with Crippen molar-refractivity contribution < 1.29 is 8.42 Å². The molecule has 136 valence electrons. The maximum absolute atomic E-state index is 12.2. The van der Waals surface area contributed by atoms with E-state index < -0.39 is 10.0 Å². The standard InChI is InChI=1S/C19H17N5O2S/c20-14-16-8-4-5-9-17(16)21-18-10-11-19(23-22-18)24-27(25,26)13-12-15-6-2-1-3-7-15/h1-11H,12-13H2,(H,21,22)(H,23,24). The second-order valence-corrected chi connectivity index (χ2v) is 7.58. The number of aryl methyl sites for hydroxylation is 1. The van der Waals surface area contributed by atoms with Crippen LogP contribution in [-0.2, 0) is 16.4 Å². The monoisotopic (exact) mass is 379 g/mol. The lowest BCUT2D eigenvalue weighted by Gasteiger charge is -2.09. The Morgan fingerprint density at radius 3 is 2.26 bits per heavy atom. The fourth-order valence-electron chi connectivity index (χ4n) is 2.39. The Morgan fingerprint density at radius 2 is 1.56 bits per heavy atom. The second-order valence-electron chi connectivity index (χ2n) is 5.74. The lowest BCUT2D eigenvalue weighted by Crippen LogP contribution is -2.19. The summed E-state index contributed by atoms with van der Waals surface area (Å²) in [5, 5.41) is 19.9. The van der Waals surface area contributed by atoms with Gasteiger partial charge in [0.15, 0.2) is 11.6 Å². The van der Waals surface area contributed by atoms with Gasteiger partial charge in [-0.05, 0) is 36.2 Å². The molecular formula is C19H17N5O2S. The van der Waals surface area contributed by atoms with Crippen molar-refractivity contribution in [3.05, 3.63) is 77.9 Å². The smallest absolute Gasteiger partial charge is 0.234 e. The van der Waals surface area contributed by atoms with Gasteiger partial charge in [0.25, 0.3) is 0 Å². The van der Waals surface area contributed by atoms with Crippen LogP contribution in [0.5, 0.6) is 0 Å². The van der Waals surface area contributed by atoms with E-state index in [9.17, 15) is 8.42 Å². The van der Waals surface area contributed by atoms with E-state index in [0.29, 0.717) is 23.5 Å². The first-order chi connectivity index (χ1) is 13.1. The SMILES string of the molecule is N#Cc1ccccc1Nc1ccc(NS(=O)(=O)CCc2ccccc2)nn1. The lowest BCUT2D eigenvalue weighted by molar-refractivity contribution is 0.600. The molecule has 3 rings (SSSR count). The van der Waals surface area contributed by atoms with Gasteiger partial charge in [0.05, 0.1) is 17.0 Å². The molecule has 0 spiro atoms. The Morgan fingerprint density at radius 1 is 0.889 bits per heavy atom. The molecular weight excluding hydrogens is 362 g/mol. The summed E-state index contributed by atoms with van der Waals surface area (Å²) in [6.07, 6.45) is 0.411. The highest BCUT2D eigenvalue weighted by molar-refractivity contribution is 7.92. The zero-order chi connectivity index (χ0) is 19.1. The van der Waals surface area contributed by atoms with Gasteiger partial charge < -0.3 is 5.32 Å². The fraction of sp³-hybridized carbons (Fsp3) is 0.105. The van der Waals surface area contributed by atoms with Gasteiger partial charge in [0.2, 0.25) is 10.0 Å². The number of hydrogen-bond acceptors (Lipinski definition) is 6. The molecule has 0 aliphatic rings. The van der Waals surface area contributed by atoms with Gasteiger partial charge in [-0.15, -0.1) is 10.2 Å². The van der Waals surface area contributed by atoms with Crippen LogP contribution < -0.4 is 10.0 Å². The predicted molar refractivity (Wildman–Crippen MR) is 104 cm³/mol. The van der Waals surface area contributed by atoms with Crippen LogP contribution in [0.3, 0.4) is 0 Å². The van der Waals surface area contributed by atoms with Gasteiger partial charge in [0, 0.05) is 0 Å². The first-order valence-electron chi connectivity index (χ1n) is 8.20. The predicted octanol–water partition coefficient (Wildman–Crippen LogP) is 3.08. The zero-order valence-corrected chi connectivity index (χ0v) is 15.1. The van der Waals surface area contributed by atoms with E-state index in [2.05, 4.69) is 26.3 Å². The van der Waals surface area contributed by atoms with E-state index in [4.69, 9.17) is 5.26 Å². The normalized spacial score (nSPS) is 10.8. The van der Waals surface area contributed by atoms with Crippen LogP contribution in [0.15, 0.2) is 66.7 Å². The van der Waals surface area contributed by atoms with Crippen LogP contribution in [-0.4, -0.2) is 24.4 Å². The Balaban J connectivity index is 1.62. The highest BCUT2D eigenvalue weighted by atomic mass is 32.2. The maximum atomic E-state index is 12.2. The topological polar surface area (TPSA) is 108 Å². The number of hydrogen-bond donors (Lipinski definition) is 2. The van der Waals surface area contributed by atoms with E-state index >= 15 is 0 Å². The summed E-state index contributed by atoms with van der Waals surface area (Å²) >= 11 is 0. The lowest BCUT2D eigenvalue weighted by atomic mass is 10.2. The Labute approximate surface area is 157 Å². The summed E-state index contributed by atoms with van der Waals surface area (Å²) < 4.78 is 26.8. The number of sulfonamides is 1. The number of aromatic nitrogens is 2. The minimum Gasteiger partial charge on any atom is -0.338 e. The van der Waals surface area contributed by atoms with Crippen LogP contribution >= 0.6 is 0 Å². The molecule has 0 aliphatic heterocycles. The summed E-state index contributed by atoms with van der Waals surface area (Å²) in [5.41, 5.74) is 2.03. The number of anilines is 3. The summed E-state index contributed by atoms with van der Waals surface area (Å²) in [6.45, 7) is 0. The first-order valence-corrected chi connectivity index (χ1v) is 9.85. The highest BCUT2D eigenvalue weighted by Gasteiger charge is 2.12. The minimum absolute atomic E-state index is 0.0474. The van der Waals surface area contributed by atoms with Crippen molar-refractivity contribution in [2.45, 2.75) is 6.42 Å². The third kappa shape index (κ3) is 5.26. The fourth-order valence-corrected chi connectivity index (χ4v) is 3.42. The van der Waals surface area contributed by atoms with Crippen molar-refractivity contribution in [2.75, 3.05) is 15.8 Å². The Kier molecular flexibility index (Phi) is 5.64. The molecule has 0 saturated heterocycles. The second kappa shape index (κ2) is 8.29. The molecule has 7 nitrogen and oxygen atoms in total. The van der Waals surface area contributed by atoms with Crippen LogP contribution in [0.25, 0.3) is 0 Å². The van der Waals surface area contributed by atoms with Crippen LogP contribution in [0, 0.1) is 11.3 Å². The molecule has 0 bridgehead atoms. The Hall–Kier alpha value is -3.44. The van der Waals surface area contributed by atoms with E-state index in [0.717, 1.165) is 5.56 Å². The van der Waals surface area contributed by atoms with Crippen LogP contribution in [0.4, 0.5) is 17.3 Å². The average molecular weight is 379 g/mol. The zero-order valence-electron chi connectivity index (χ0n) is 14.3. The largest absolute Gasteiger partial charge is 0.338 e.